The van der Waals surface area contributed by atoms with Crippen molar-refractivity contribution < 1.29 is 4.79 Å². The Kier molecular flexibility index (Phi) is 2.18. The molecule has 0 aromatic carbocycles. The molecular formula is C6H8N4O3. The van der Waals surface area contributed by atoms with Crippen LogP contribution in [0, 0.1) is 0 Å². The summed E-state index contributed by atoms with van der Waals surface area (Å²) in [6.45, 7) is -0.306. The molecule has 0 saturated heterocycles. The van der Waals surface area contributed by atoms with Gasteiger partial charge in [-0.15, -0.1) is 0 Å². The van der Waals surface area contributed by atoms with Crippen LogP contribution in [0.25, 0.3) is 0 Å². The summed E-state index contributed by atoms with van der Waals surface area (Å²) in [5.74, 6) is -0.687. The van der Waals surface area contributed by atoms with E-state index in [1.165, 1.54) is 0 Å². The number of aromatic amines is 1. The lowest BCUT2D eigenvalue weighted by atomic mass is 10.5. The van der Waals surface area contributed by atoms with E-state index in [1.54, 1.807) is 0 Å². The van der Waals surface area contributed by atoms with E-state index < -0.39 is 17.2 Å². The van der Waals surface area contributed by atoms with E-state index in [1.807, 2.05) is 4.98 Å². The Balaban J connectivity index is 3.24. The number of carbonyl (C=O) groups excluding carboxylic acids is 1. The van der Waals surface area contributed by atoms with E-state index in [0.717, 1.165) is 10.8 Å². The van der Waals surface area contributed by atoms with Crippen molar-refractivity contribution in [1.82, 2.24) is 9.55 Å². The van der Waals surface area contributed by atoms with Gasteiger partial charge in [0, 0.05) is 6.20 Å². The van der Waals surface area contributed by atoms with Crippen LogP contribution >= 0.6 is 0 Å². The number of carbonyl (C=O) groups is 1. The van der Waals surface area contributed by atoms with Gasteiger partial charge in [0.2, 0.25) is 5.91 Å². The maximum Gasteiger partial charge on any atom is 0.328 e. The molecule has 13 heavy (non-hydrogen) atoms. The maximum atomic E-state index is 11.0. The van der Waals surface area contributed by atoms with Crippen molar-refractivity contribution in [3.63, 3.8) is 0 Å². The highest BCUT2D eigenvalue weighted by molar-refractivity contribution is 5.73. The molecule has 5 N–H and O–H groups in total. The summed E-state index contributed by atoms with van der Waals surface area (Å²) in [4.78, 5) is 34.1. The fraction of sp³-hybridized carbons (Fsp3) is 0.167. The lowest BCUT2D eigenvalue weighted by molar-refractivity contribution is -0.118. The molecule has 7 heteroatoms. The largest absolute Gasteiger partial charge is 0.393 e. The number of hydrogen-bond acceptors (Lipinski definition) is 4. The van der Waals surface area contributed by atoms with Crippen LogP contribution in [0.2, 0.25) is 0 Å². The molecule has 7 nitrogen and oxygen atoms in total. The third-order valence-corrected chi connectivity index (χ3v) is 1.36. The van der Waals surface area contributed by atoms with E-state index in [4.69, 9.17) is 11.5 Å². The average Bonchev–Trinajstić information content (AvgIpc) is 1.99. The second-order valence-corrected chi connectivity index (χ2v) is 2.44. The van der Waals surface area contributed by atoms with Gasteiger partial charge in [-0.2, -0.15) is 0 Å². The van der Waals surface area contributed by atoms with Crippen molar-refractivity contribution in [2.24, 2.45) is 5.73 Å². The van der Waals surface area contributed by atoms with Gasteiger partial charge >= 0.3 is 5.69 Å². The minimum absolute atomic E-state index is 0.138. The summed E-state index contributed by atoms with van der Waals surface area (Å²) in [5.41, 5.74) is 8.54. The number of nitrogen functional groups attached to an aromatic ring is 1. The fourth-order valence-electron chi connectivity index (χ4n) is 0.812. The molecule has 0 atom stereocenters. The summed E-state index contributed by atoms with van der Waals surface area (Å²) in [6.07, 6.45) is 1.08. The van der Waals surface area contributed by atoms with Crippen molar-refractivity contribution in [3.05, 3.63) is 27.0 Å². The quantitative estimate of drug-likeness (QED) is 0.474. The molecule has 0 bridgehead atoms. The van der Waals surface area contributed by atoms with Crippen LogP contribution < -0.4 is 22.7 Å². The van der Waals surface area contributed by atoms with Crippen LogP contribution in [-0.4, -0.2) is 15.5 Å². The standard InChI is InChI=1S/C6H8N4O3/c7-3-1-10(2-4(8)11)6(13)9-5(3)12/h1H,2,7H2,(H2,8,11)(H,9,12,13). The highest BCUT2D eigenvalue weighted by Crippen LogP contribution is 1.85. The van der Waals surface area contributed by atoms with Crippen LogP contribution in [0.15, 0.2) is 15.8 Å². The highest BCUT2D eigenvalue weighted by atomic mass is 16.2. The van der Waals surface area contributed by atoms with Crippen LogP contribution in [0.3, 0.4) is 0 Å². The number of aromatic nitrogens is 2. The van der Waals surface area contributed by atoms with Crippen LogP contribution in [0.4, 0.5) is 5.69 Å². The second kappa shape index (κ2) is 3.13. The molecule has 0 fully saturated rings. The highest BCUT2D eigenvalue weighted by Gasteiger charge is 2.02. The number of anilines is 1. The van der Waals surface area contributed by atoms with Crippen LogP contribution in [0.1, 0.15) is 0 Å². The van der Waals surface area contributed by atoms with Crippen LogP contribution in [0.5, 0.6) is 0 Å². The Labute approximate surface area is 72.0 Å². The first-order valence-electron chi connectivity index (χ1n) is 3.38. The molecule has 1 aromatic heterocycles. The van der Waals surface area contributed by atoms with Gasteiger partial charge in [0.05, 0.1) is 0 Å². The minimum Gasteiger partial charge on any atom is -0.393 e. The summed E-state index contributed by atoms with van der Waals surface area (Å²) >= 11 is 0. The van der Waals surface area contributed by atoms with E-state index in [-0.39, 0.29) is 12.2 Å². The van der Waals surface area contributed by atoms with Gasteiger partial charge in [0.1, 0.15) is 12.2 Å². The Morgan fingerprint density at radius 1 is 1.54 bits per heavy atom. The van der Waals surface area contributed by atoms with Crippen molar-refractivity contribution in [1.29, 1.82) is 0 Å². The zero-order valence-electron chi connectivity index (χ0n) is 6.61. The smallest absolute Gasteiger partial charge is 0.328 e. The third kappa shape index (κ3) is 1.95. The van der Waals surface area contributed by atoms with Crippen molar-refractivity contribution in [2.45, 2.75) is 6.54 Å². The maximum absolute atomic E-state index is 11.0. The Morgan fingerprint density at radius 3 is 2.69 bits per heavy atom. The SMILES string of the molecule is NC(=O)Cn1cc(N)c(=O)[nH]c1=O. The number of nitrogens with one attached hydrogen (secondary N) is 1. The van der Waals surface area contributed by atoms with Gasteiger partial charge in [-0.3, -0.25) is 19.1 Å². The first-order valence-corrected chi connectivity index (χ1v) is 3.38. The first kappa shape index (κ1) is 9.04. The minimum atomic E-state index is -0.710. The monoisotopic (exact) mass is 184 g/mol. The molecule has 0 radical (unpaired) electrons. The fourth-order valence-corrected chi connectivity index (χ4v) is 0.812. The zero-order chi connectivity index (χ0) is 10.0. The molecule has 0 spiro atoms. The number of nitrogens with zero attached hydrogens (tertiary/aromatic N) is 1. The van der Waals surface area contributed by atoms with Gasteiger partial charge in [-0.25, -0.2) is 4.79 Å². The van der Waals surface area contributed by atoms with E-state index in [2.05, 4.69) is 0 Å². The topological polar surface area (TPSA) is 124 Å². The molecule has 0 aliphatic carbocycles. The zero-order valence-corrected chi connectivity index (χ0v) is 6.61. The van der Waals surface area contributed by atoms with E-state index >= 15 is 0 Å². The number of H-pyrrole nitrogens is 1. The Morgan fingerprint density at radius 2 is 2.15 bits per heavy atom. The average molecular weight is 184 g/mol. The van der Waals surface area contributed by atoms with Gasteiger partial charge < -0.3 is 11.5 Å². The van der Waals surface area contributed by atoms with Gasteiger partial charge in [0.25, 0.3) is 5.56 Å². The summed E-state index contributed by atoms with van der Waals surface area (Å²) in [7, 11) is 0. The van der Waals surface area contributed by atoms with Crippen molar-refractivity contribution >= 4 is 11.6 Å². The van der Waals surface area contributed by atoms with E-state index in [0.29, 0.717) is 0 Å². The molecule has 1 rings (SSSR count). The molecular weight excluding hydrogens is 176 g/mol. The summed E-state index contributed by atoms with van der Waals surface area (Å²) in [6, 6.07) is 0. The molecule has 70 valence electrons. The number of rotatable bonds is 2. The number of nitrogens with two attached hydrogens (primary N) is 2. The number of amides is 1. The van der Waals surface area contributed by atoms with Gasteiger partial charge in [-0.05, 0) is 0 Å². The molecule has 1 heterocycles. The predicted molar refractivity (Wildman–Crippen MR) is 44.9 cm³/mol. The Hall–Kier alpha value is -2.05. The molecule has 0 unspecified atom stereocenters. The second-order valence-electron chi connectivity index (χ2n) is 2.44. The lowest BCUT2D eigenvalue weighted by Crippen LogP contribution is -2.34. The predicted octanol–water partition coefficient (Wildman–Crippen LogP) is -2.40. The van der Waals surface area contributed by atoms with Crippen LogP contribution in [-0.2, 0) is 11.3 Å². The summed E-state index contributed by atoms with van der Waals surface area (Å²) in [5, 5.41) is 0. The van der Waals surface area contributed by atoms with Crippen molar-refractivity contribution in [2.75, 3.05) is 5.73 Å². The first-order chi connectivity index (χ1) is 6.00. The molecule has 0 aliphatic heterocycles. The molecule has 0 saturated carbocycles. The molecule has 0 aliphatic rings. The normalized spacial score (nSPS) is 9.85. The number of primary amides is 1. The van der Waals surface area contributed by atoms with Gasteiger partial charge in [0.15, 0.2) is 0 Å². The van der Waals surface area contributed by atoms with E-state index in [9.17, 15) is 14.4 Å². The number of hydrogen-bond donors (Lipinski definition) is 3. The summed E-state index contributed by atoms with van der Waals surface area (Å²) < 4.78 is 0.930. The Bertz CT molecular complexity index is 444. The molecule has 1 amide bonds. The third-order valence-electron chi connectivity index (χ3n) is 1.36. The lowest BCUT2D eigenvalue weighted by Gasteiger charge is -2.01. The van der Waals surface area contributed by atoms with Crippen molar-refractivity contribution in [3.8, 4) is 0 Å². The van der Waals surface area contributed by atoms with Gasteiger partial charge in [-0.1, -0.05) is 0 Å². The molecule has 1 aromatic rings.